The Morgan fingerprint density at radius 1 is 0.775 bits per heavy atom. The number of carbonyl (C=O) groups is 1. The predicted molar refractivity (Wildman–Crippen MR) is 158 cm³/mol. The summed E-state index contributed by atoms with van der Waals surface area (Å²) in [6.45, 7) is 0.923. The monoisotopic (exact) mass is 527 g/mol. The van der Waals surface area contributed by atoms with Crippen molar-refractivity contribution in [1.82, 2.24) is 4.90 Å². The third-order valence-corrected chi connectivity index (χ3v) is 8.66. The zero-order valence-electron chi connectivity index (χ0n) is 22.5. The zero-order chi connectivity index (χ0) is 26.9. The number of fused-ring (bicyclic) bond motifs is 5. The van der Waals surface area contributed by atoms with E-state index in [-0.39, 0.29) is 24.1 Å². The molecular weight excluding hydrogens is 494 g/mol. The minimum Gasteiger partial charge on any atom is -0.489 e. The Morgan fingerprint density at radius 3 is 2.15 bits per heavy atom. The lowest BCUT2D eigenvalue weighted by atomic mass is 9.83. The van der Waals surface area contributed by atoms with E-state index in [0.29, 0.717) is 13.2 Å². The first-order valence-corrected chi connectivity index (χ1v) is 14.4. The van der Waals surface area contributed by atoms with Gasteiger partial charge in [-0.05, 0) is 76.8 Å². The van der Waals surface area contributed by atoms with Crippen LogP contribution in [0.25, 0.3) is 16.7 Å². The van der Waals surface area contributed by atoms with Crippen LogP contribution in [0.15, 0.2) is 109 Å². The van der Waals surface area contributed by atoms with Crippen molar-refractivity contribution in [2.24, 2.45) is 0 Å². The maximum atomic E-state index is 13.5. The molecule has 1 amide bonds. The maximum Gasteiger partial charge on any atom is 0.410 e. The summed E-state index contributed by atoms with van der Waals surface area (Å²) in [4.78, 5) is 15.5. The first kappa shape index (κ1) is 24.7. The summed E-state index contributed by atoms with van der Waals surface area (Å²) in [7, 11) is 0. The van der Waals surface area contributed by atoms with Crippen LogP contribution in [-0.2, 0) is 11.3 Å². The van der Waals surface area contributed by atoms with E-state index >= 15 is 0 Å². The van der Waals surface area contributed by atoms with Crippen molar-refractivity contribution in [2.75, 3.05) is 6.61 Å². The lowest BCUT2D eigenvalue weighted by molar-refractivity contribution is 0.0539. The van der Waals surface area contributed by atoms with Gasteiger partial charge >= 0.3 is 6.09 Å². The standard InChI is InChI=1S/C36H33NO3/c38-36(40-24-35-33-15-6-4-13-31(33)32-14-5-7-16-34(32)35)37-28-11-8-12-29(37)22-27(21-28)26-17-19-30(20-18-26)39-23-25-9-2-1-3-10-25/h1-7,9-10,13-21,28-29,35H,8,11-12,22-24H2. The lowest BCUT2D eigenvalue weighted by Gasteiger charge is -2.44. The molecule has 1 aliphatic carbocycles. The molecule has 4 aromatic carbocycles. The van der Waals surface area contributed by atoms with E-state index in [0.717, 1.165) is 37.0 Å². The number of nitrogens with zero attached hydrogens (tertiary/aromatic N) is 1. The number of carbonyl (C=O) groups excluding carboxylic acids is 1. The zero-order valence-corrected chi connectivity index (χ0v) is 22.5. The van der Waals surface area contributed by atoms with Crippen LogP contribution in [0.4, 0.5) is 4.79 Å². The molecule has 0 N–H and O–H groups in total. The minimum absolute atomic E-state index is 0.0761. The van der Waals surface area contributed by atoms with Gasteiger partial charge in [0.15, 0.2) is 0 Å². The first-order valence-electron chi connectivity index (χ1n) is 14.4. The number of ether oxygens (including phenoxy) is 2. The number of piperidine rings is 1. The second kappa shape index (κ2) is 10.7. The summed E-state index contributed by atoms with van der Waals surface area (Å²) < 4.78 is 12.1. The Morgan fingerprint density at radius 2 is 1.45 bits per heavy atom. The van der Waals surface area contributed by atoms with E-state index in [1.807, 2.05) is 35.2 Å². The Hall–Kier alpha value is -4.31. The number of hydrogen-bond donors (Lipinski definition) is 0. The summed E-state index contributed by atoms with van der Waals surface area (Å²) in [6.07, 6.45) is 6.08. The summed E-state index contributed by atoms with van der Waals surface area (Å²) in [5, 5.41) is 0. The molecule has 1 fully saturated rings. The fraction of sp³-hybridized carbons (Fsp3) is 0.250. The molecule has 0 radical (unpaired) electrons. The van der Waals surface area contributed by atoms with Gasteiger partial charge in [-0.1, -0.05) is 97.1 Å². The molecule has 3 aliphatic rings. The van der Waals surface area contributed by atoms with E-state index in [1.54, 1.807) is 0 Å². The lowest BCUT2D eigenvalue weighted by Crippen LogP contribution is -2.51. The molecule has 0 saturated carbocycles. The number of benzene rings is 4. The summed E-state index contributed by atoms with van der Waals surface area (Å²) in [5.74, 6) is 0.944. The molecule has 2 heterocycles. The minimum atomic E-state index is -0.184. The van der Waals surface area contributed by atoms with Crippen LogP contribution < -0.4 is 4.74 Å². The number of rotatable bonds is 6. The molecule has 4 heteroatoms. The van der Waals surface area contributed by atoms with Gasteiger partial charge in [-0.2, -0.15) is 0 Å². The smallest absolute Gasteiger partial charge is 0.410 e. The number of amides is 1. The largest absolute Gasteiger partial charge is 0.489 e. The van der Waals surface area contributed by atoms with Crippen LogP contribution in [0.5, 0.6) is 5.75 Å². The molecular formula is C36H33NO3. The fourth-order valence-corrected chi connectivity index (χ4v) is 6.70. The normalized spacial score (nSPS) is 19.4. The van der Waals surface area contributed by atoms with Gasteiger partial charge in [-0.3, -0.25) is 4.90 Å². The van der Waals surface area contributed by atoms with Gasteiger partial charge in [-0.15, -0.1) is 0 Å². The second-order valence-corrected chi connectivity index (χ2v) is 11.1. The summed E-state index contributed by atoms with van der Waals surface area (Å²) >= 11 is 0. The maximum absolute atomic E-state index is 13.5. The molecule has 4 aromatic rings. The molecule has 2 aliphatic heterocycles. The van der Waals surface area contributed by atoms with Gasteiger partial charge in [0.25, 0.3) is 0 Å². The van der Waals surface area contributed by atoms with Gasteiger partial charge in [0.05, 0.1) is 6.04 Å². The molecule has 2 bridgehead atoms. The fourth-order valence-electron chi connectivity index (χ4n) is 6.70. The van der Waals surface area contributed by atoms with Gasteiger partial charge < -0.3 is 9.47 Å². The van der Waals surface area contributed by atoms with Crippen molar-refractivity contribution in [3.8, 4) is 16.9 Å². The molecule has 0 aromatic heterocycles. The average molecular weight is 528 g/mol. The Labute approximate surface area is 235 Å². The van der Waals surface area contributed by atoms with Crippen LogP contribution >= 0.6 is 0 Å². The summed E-state index contributed by atoms with van der Waals surface area (Å²) in [5.41, 5.74) is 8.66. The number of hydrogen-bond acceptors (Lipinski definition) is 3. The highest BCUT2D eigenvalue weighted by Gasteiger charge is 2.39. The van der Waals surface area contributed by atoms with E-state index in [2.05, 4.69) is 78.9 Å². The van der Waals surface area contributed by atoms with Crippen molar-refractivity contribution in [1.29, 1.82) is 0 Å². The molecule has 4 nitrogen and oxygen atoms in total. The third-order valence-electron chi connectivity index (χ3n) is 8.66. The van der Waals surface area contributed by atoms with Gasteiger partial charge in [-0.25, -0.2) is 4.79 Å². The Balaban J connectivity index is 1.03. The molecule has 0 spiro atoms. The van der Waals surface area contributed by atoms with E-state index in [4.69, 9.17) is 9.47 Å². The topological polar surface area (TPSA) is 38.8 Å². The van der Waals surface area contributed by atoms with Gasteiger partial charge in [0, 0.05) is 12.0 Å². The Bertz CT molecular complexity index is 1500. The molecule has 2 unspecified atom stereocenters. The predicted octanol–water partition coefficient (Wildman–Crippen LogP) is 8.22. The first-order chi connectivity index (χ1) is 19.7. The average Bonchev–Trinajstić information content (AvgIpc) is 3.32. The van der Waals surface area contributed by atoms with Crippen molar-refractivity contribution in [2.45, 2.75) is 50.3 Å². The van der Waals surface area contributed by atoms with Crippen molar-refractivity contribution in [3.05, 3.63) is 131 Å². The van der Waals surface area contributed by atoms with Crippen LogP contribution in [0.3, 0.4) is 0 Å². The molecule has 40 heavy (non-hydrogen) atoms. The molecule has 7 rings (SSSR count). The van der Waals surface area contributed by atoms with E-state index in [1.165, 1.54) is 33.4 Å². The second-order valence-electron chi connectivity index (χ2n) is 11.1. The van der Waals surface area contributed by atoms with Gasteiger partial charge in [0.2, 0.25) is 0 Å². The quantitative estimate of drug-likeness (QED) is 0.254. The van der Waals surface area contributed by atoms with E-state index in [9.17, 15) is 4.79 Å². The van der Waals surface area contributed by atoms with Crippen LogP contribution in [0.2, 0.25) is 0 Å². The van der Waals surface area contributed by atoms with E-state index < -0.39 is 0 Å². The van der Waals surface area contributed by atoms with Crippen LogP contribution in [0.1, 0.15) is 53.9 Å². The van der Waals surface area contributed by atoms with Crippen LogP contribution in [-0.4, -0.2) is 29.7 Å². The summed E-state index contributed by atoms with van der Waals surface area (Å²) in [6, 6.07) is 35.8. The van der Waals surface area contributed by atoms with Crippen LogP contribution in [0, 0.1) is 0 Å². The highest BCUT2D eigenvalue weighted by atomic mass is 16.6. The molecule has 2 atom stereocenters. The van der Waals surface area contributed by atoms with Crippen molar-refractivity contribution in [3.63, 3.8) is 0 Å². The highest BCUT2D eigenvalue weighted by Crippen LogP contribution is 2.45. The third kappa shape index (κ3) is 4.68. The van der Waals surface area contributed by atoms with Crippen molar-refractivity contribution < 1.29 is 14.3 Å². The molecule has 200 valence electrons. The Kier molecular flexibility index (Phi) is 6.60. The van der Waals surface area contributed by atoms with Gasteiger partial charge in [0.1, 0.15) is 19.0 Å². The highest BCUT2D eigenvalue weighted by molar-refractivity contribution is 5.79. The molecule has 1 saturated heterocycles. The SMILES string of the molecule is O=C(OCC1c2ccccc2-c2ccccc21)N1C2C=C(c3ccc(OCc4ccccc4)cc3)CC1CCC2. The van der Waals surface area contributed by atoms with Crippen molar-refractivity contribution >= 4 is 11.7 Å².